The minimum absolute atomic E-state index is 0.0140. The zero-order chi connectivity index (χ0) is 23.1. The highest BCUT2D eigenvalue weighted by Gasteiger charge is 2.24. The predicted octanol–water partition coefficient (Wildman–Crippen LogP) is 5.01. The van der Waals surface area contributed by atoms with Crippen molar-refractivity contribution in [2.24, 2.45) is 0 Å². The first kappa shape index (κ1) is 24.0. The molecule has 0 aliphatic carbocycles. The molecule has 0 atom stereocenters. The van der Waals surface area contributed by atoms with Crippen LogP contribution in [0.25, 0.3) is 11.1 Å². The largest absolute Gasteiger partial charge is 0.462 e. The molecule has 0 fully saturated rings. The molecule has 0 radical (unpaired) electrons. The number of hydrogen-bond acceptors (Lipinski definition) is 7. The van der Waals surface area contributed by atoms with Crippen LogP contribution in [0.2, 0.25) is 5.02 Å². The van der Waals surface area contributed by atoms with Crippen molar-refractivity contribution in [2.45, 2.75) is 31.8 Å². The highest BCUT2D eigenvalue weighted by Crippen LogP contribution is 2.39. The number of esters is 1. The topological polar surface area (TPSA) is 101 Å². The van der Waals surface area contributed by atoms with Gasteiger partial charge in [0.15, 0.2) is 5.16 Å². The lowest BCUT2D eigenvalue weighted by atomic mass is 10.0. The average molecular weight is 492 g/mol. The number of hydrogen-bond donors (Lipinski definition) is 2. The second-order valence-corrected chi connectivity index (χ2v) is 8.93. The van der Waals surface area contributed by atoms with Gasteiger partial charge in [-0.15, -0.1) is 11.3 Å². The van der Waals surface area contributed by atoms with Crippen LogP contribution in [0.5, 0.6) is 0 Å². The van der Waals surface area contributed by atoms with Crippen LogP contribution in [-0.4, -0.2) is 34.2 Å². The predicted molar refractivity (Wildman–Crippen MR) is 129 cm³/mol. The van der Waals surface area contributed by atoms with Gasteiger partial charge in [0.25, 0.3) is 5.56 Å². The van der Waals surface area contributed by atoms with E-state index in [2.05, 4.69) is 15.3 Å². The van der Waals surface area contributed by atoms with Gasteiger partial charge < -0.3 is 15.0 Å². The van der Waals surface area contributed by atoms with E-state index >= 15 is 0 Å². The summed E-state index contributed by atoms with van der Waals surface area (Å²) in [7, 11) is 0. The highest BCUT2D eigenvalue weighted by molar-refractivity contribution is 7.99. The van der Waals surface area contributed by atoms with E-state index in [0.717, 1.165) is 18.2 Å². The molecule has 10 heteroatoms. The van der Waals surface area contributed by atoms with Crippen molar-refractivity contribution in [2.75, 3.05) is 17.7 Å². The Morgan fingerprint density at radius 3 is 2.75 bits per heavy atom. The molecule has 7 nitrogen and oxygen atoms in total. The number of nitrogens with zero attached hydrogens (tertiary/aromatic N) is 1. The fraction of sp³-hybridized carbons (Fsp3) is 0.273. The number of rotatable bonds is 9. The first-order chi connectivity index (χ1) is 15.4. The Bertz CT molecular complexity index is 1180. The van der Waals surface area contributed by atoms with Crippen LogP contribution in [0.15, 0.2) is 45.7 Å². The molecule has 1 aromatic carbocycles. The Kier molecular flexibility index (Phi) is 8.49. The summed E-state index contributed by atoms with van der Waals surface area (Å²) in [6.07, 6.45) is 1.55. The second-order valence-electron chi connectivity index (χ2n) is 6.68. The summed E-state index contributed by atoms with van der Waals surface area (Å²) in [5.74, 6) is -0.860. The van der Waals surface area contributed by atoms with Crippen LogP contribution in [0.3, 0.4) is 0 Å². The number of aromatic amines is 1. The van der Waals surface area contributed by atoms with E-state index in [-0.39, 0.29) is 29.4 Å². The number of carbonyl (C=O) groups is 2. The summed E-state index contributed by atoms with van der Waals surface area (Å²) in [4.78, 5) is 44.1. The van der Waals surface area contributed by atoms with Crippen molar-refractivity contribution in [3.8, 4) is 11.1 Å². The molecule has 168 valence electrons. The van der Waals surface area contributed by atoms with Crippen molar-refractivity contribution < 1.29 is 14.3 Å². The third-order valence-electron chi connectivity index (χ3n) is 4.31. The number of nitrogens with one attached hydrogen (secondary N) is 2. The van der Waals surface area contributed by atoms with E-state index in [1.807, 2.05) is 13.0 Å². The maximum absolute atomic E-state index is 12.7. The first-order valence-electron chi connectivity index (χ1n) is 9.99. The molecular weight excluding hydrogens is 470 g/mol. The number of thiophene rings is 1. The molecule has 1 amide bonds. The summed E-state index contributed by atoms with van der Waals surface area (Å²) in [6, 6.07) is 8.62. The summed E-state index contributed by atoms with van der Waals surface area (Å²) < 4.78 is 5.21. The van der Waals surface area contributed by atoms with Gasteiger partial charge in [-0.2, -0.15) is 0 Å². The maximum Gasteiger partial charge on any atom is 0.341 e. The van der Waals surface area contributed by atoms with Crippen LogP contribution in [-0.2, 0) is 16.0 Å². The monoisotopic (exact) mass is 491 g/mol. The van der Waals surface area contributed by atoms with Gasteiger partial charge in [-0.1, -0.05) is 54.9 Å². The van der Waals surface area contributed by atoms with Gasteiger partial charge in [0.1, 0.15) is 10.6 Å². The Hall–Kier alpha value is -2.62. The van der Waals surface area contributed by atoms with Crippen LogP contribution in [0, 0.1) is 0 Å². The summed E-state index contributed by atoms with van der Waals surface area (Å²) in [6.45, 7) is 3.92. The van der Waals surface area contributed by atoms with Gasteiger partial charge in [0.05, 0.1) is 12.4 Å². The molecule has 0 spiro atoms. The Morgan fingerprint density at radius 1 is 1.25 bits per heavy atom. The number of aromatic nitrogens is 2. The number of carbonyl (C=O) groups excluding carboxylic acids is 2. The van der Waals surface area contributed by atoms with Gasteiger partial charge in [0.2, 0.25) is 5.91 Å². The standard InChI is InChI=1S/C22H22ClN3O4S2/c1-3-7-13-10-17(27)26-22(24-13)32-12-18(28)25-20-19(21(29)30-4-2)15(11-31-20)14-8-5-6-9-16(14)23/h5-6,8-11H,3-4,7,12H2,1-2H3,(H,25,28)(H,24,26,27). The van der Waals surface area contributed by atoms with Gasteiger partial charge in [-0.3, -0.25) is 9.59 Å². The summed E-state index contributed by atoms with van der Waals surface area (Å²) in [5.41, 5.74) is 1.97. The summed E-state index contributed by atoms with van der Waals surface area (Å²) in [5, 5.41) is 5.80. The minimum atomic E-state index is -0.537. The molecular formula is C22H22ClN3O4S2. The number of amides is 1. The number of H-pyrrole nitrogens is 1. The van der Waals surface area contributed by atoms with Gasteiger partial charge in [-0.05, 0) is 19.4 Å². The zero-order valence-electron chi connectivity index (χ0n) is 17.6. The molecule has 0 saturated heterocycles. The molecule has 2 aromatic heterocycles. The maximum atomic E-state index is 12.7. The second kappa shape index (κ2) is 11.3. The number of benzene rings is 1. The SMILES string of the molecule is CCCc1cc(=O)[nH]c(SCC(=O)Nc2scc(-c3ccccc3Cl)c2C(=O)OCC)n1. The van der Waals surface area contributed by atoms with Crippen LogP contribution >= 0.6 is 34.7 Å². The average Bonchev–Trinajstić information content (AvgIpc) is 3.16. The lowest BCUT2D eigenvalue weighted by Gasteiger charge is -2.09. The van der Waals surface area contributed by atoms with Crippen molar-refractivity contribution in [1.29, 1.82) is 0 Å². The van der Waals surface area contributed by atoms with Crippen molar-refractivity contribution >= 4 is 51.6 Å². The van der Waals surface area contributed by atoms with Gasteiger partial charge in [0, 0.05) is 33.3 Å². The number of anilines is 1. The molecule has 0 saturated carbocycles. The number of ether oxygens (including phenoxy) is 1. The fourth-order valence-electron chi connectivity index (χ4n) is 2.97. The molecule has 3 rings (SSSR count). The fourth-order valence-corrected chi connectivity index (χ4v) is 4.86. The Balaban J connectivity index is 1.79. The molecule has 3 aromatic rings. The molecule has 2 N–H and O–H groups in total. The third-order valence-corrected chi connectivity index (χ3v) is 6.41. The smallest absolute Gasteiger partial charge is 0.341 e. The van der Waals surface area contributed by atoms with Crippen molar-refractivity contribution in [3.05, 3.63) is 62.3 Å². The normalized spacial score (nSPS) is 10.7. The molecule has 0 unspecified atom stereocenters. The van der Waals surface area contributed by atoms with E-state index in [1.54, 1.807) is 30.5 Å². The van der Waals surface area contributed by atoms with E-state index in [1.165, 1.54) is 17.4 Å². The molecule has 32 heavy (non-hydrogen) atoms. The van der Waals surface area contributed by atoms with Crippen LogP contribution < -0.4 is 10.9 Å². The van der Waals surface area contributed by atoms with E-state index in [4.69, 9.17) is 16.3 Å². The highest BCUT2D eigenvalue weighted by atomic mass is 35.5. The molecule has 0 aliphatic heterocycles. The molecule has 0 aliphatic rings. The van der Waals surface area contributed by atoms with Gasteiger partial charge in [-0.25, -0.2) is 9.78 Å². The van der Waals surface area contributed by atoms with E-state index in [0.29, 0.717) is 38.4 Å². The van der Waals surface area contributed by atoms with E-state index in [9.17, 15) is 14.4 Å². The zero-order valence-corrected chi connectivity index (χ0v) is 20.0. The Morgan fingerprint density at radius 2 is 2.03 bits per heavy atom. The van der Waals surface area contributed by atoms with Gasteiger partial charge >= 0.3 is 5.97 Å². The molecule has 0 bridgehead atoms. The van der Waals surface area contributed by atoms with Crippen LogP contribution in [0.1, 0.15) is 36.3 Å². The number of aryl methyl sites for hydroxylation is 1. The third kappa shape index (κ3) is 5.99. The number of thioether (sulfide) groups is 1. The quantitative estimate of drug-likeness (QED) is 0.248. The number of halogens is 1. The Labute approximate surface area is 198 Å². The lowest BCUT2D eigenvalue weighted by molar-refractivity contribution is -0.113. The summed E-state index contributed by atoms with van der Waals surface area (Å²) >= 11 is 8.66. The van der Waals surface area contributed by atoms with Crippen LogP contribution in [0.4, 0.5) is 5.00 Å². The molecule has 2 heterocycles. The minimum Gasteiger partial charge on any atom is -0.462 e. The van der Waals surface area contributed by atoms with Crippen molar-refractivity contribution in [1.82, 2.24) is 9.97 Å². The first-order valence-corrected chi connectivity index (χ1v) is 12.2. The van der Waals surface area contributed by atoms with E-state index < -0.39 is 5.97 Å². The lowest BCUT2D eigenvalue weighted by Crippen LogP contribution is -2.17. The van der Waals surface area contributed by atoms with Crippen molar-refractivity contribution in [3.63, 3.8) is 0 Å².